The van der Waals surface area contributed by atoms with E-state index in [2.05, 4.69) is 48.2 Å². The van der Waals surface area contributed by atoms with E-state index in [1.165, 1.54) is 32.1 Å². The summed E-state index contributed by atoms with van der Waals surface area (Å²) in [5, 5.41) is 7.07. The minimum absolute atomic E-state index is 0. The van der Waals surface area contributed by atoms with Gasteiger partial charge in [-0.25, -0.2) is 0 Å². The largest absolute Gasteiger partial charge is 0.356 e. The van der Waals surface area contributed by atoms with Crippen molar-refractivity contribution in [2.24, 2.45) is 16.3 Å². The summed E-state index contributed by atoms with van der Waals surface area (Å²) < 4.78 is 0. The smallest absolute Gasteiger partial charge is 0.191 e. The Morgan fingerprint density at radius 3 is 2.13 bits per heavy atom. The van der Waals surface area contributed by atoms with Gasteiger partial charge in [-0.2, -0.15) is 0 Å². The first-order valence-electron chi connectivity index (χ1n) is 9.19. The normalized spacial score (nSPS) is 20.4. The molecule has 0 aromatic rings. The molecule has 136 valence electrons. The van der Waals surface area contributed by atoms with Crippen LogP contribution in [-0.4, -0.2) is 49.6 Å². The second kappa shape index (κ2) is 9.44. The predicted octanol–water partition coefficient (Wildman–Crippen LogP) is 3.47. The summed E-state index contributed by atoms with van der Waals surface area (Å²) in [7, 11) is 1.88. The maximum atomic E-state index is 4.39. The summed E-state index contributed by atoms with van der Waals surface area (Å²) >= 11 is 0. The van der Waals surface area contributed by atoms with Crippen molar-refractivity contribution in [1.29, 1.82) is 0 Å². The van der Waals surface area contributed by atoms with Crippen molar-refractivity contribution in [2.45, 2.75) is 71.9 Å². The van der Waals surface area contributed by atoms with E-state index in [-0.39, 0.29) is 24.0 Å². The van der Waals surface area contributed by atoms with Gasteiger partial charge in [-0.15, -0.1) is 24.0 Å². The first-order chi connectivity index (χ1) is 10.5. The highest BCUT2D eigenvalue weighted by molar-refractivity contribution is 14.0. The molecule has 0 spiro atoms. The average Bonchev–Trinajstić information content (AvgIpc) is 3.23. The molecule has 2 N–H and O–H groups in total. The SMILES string of the molecule is CN=C(NCCN(C(C)C)C(C)C)NCC1(C2CC2)CCC1.I. The summed E-state index contributed by atoms with van der Waals surface area (Å²) in [5.41, 5.74) is 0.597. The molecule has 2 aliphatic carbocycles. The number of nitrogens with zero attached hydrogens (tertiary/aromatic N) is 2. The molecule has 0 aromatic carbocycles. The van der Waals surface area contributed by atoms with Gasteiger partial charge >= 0.3 is 0 Å². The maximum Gasteiger partial charge on any atom is 0.191 e. The molecule has 23 heavy (non-hydrogen) atoms. The fourth-order valence-corrected chi connectivity index (χ4v) is 3.95. The Hall–Kier alpha value is -0.0400. The number of hydrogen-bond acceptors (Lipinski definition) is 2. The van der Waals surface area contributed by atoms with Gasteiger partial charge in [0.1, 0.15) is 0 Å². The lowest BCUT2D eigenvalue weighted by Crippen LogP contribution is -2.49. The van der Waals surface area contributed by atoms with Gasteiger partial charge in [0.2, 0.25) is 0 Å². The Morgan fingerprint density at radius 1 is 1.13 bits per heavy atom. The molecule has 0 saturated heterocycles. The molecule has 5 heteroatoms. The second-order valence-electron chi connectivity index (χ2n) is 7.77. The molecular formula is C18H37IN4. The second-order valence-corrected chi connectivity index (χ2v) is 7.77. The van der Waals surface area contributed by atoms with Crippen LogP contribution < -0.4 is 10.6 Å². The van der Waals surface area contributed by atoms with Gasteiger partial charge < -0.3 is 10.6 Å². The Kier molecular flexibility index (Phi) is 8.63. The first-order valence-corrected chi connectivity index (χ1v) is 9.19. The van der Waals surface area contributed by atoms with Gasteiger partial charge in [-0.05, 0) is 64.7 Å². The van der Waals surface area contributed by atoms with E-state index in [4.69, 9.17) is 0 Å². The minimum Gasteiger partial charge on any atom is -0.356 e. The van der Waals surface area contributed by atoms with Gasteiger partial charge in [0.15, 0.2) is 5.96 Å². The molecule has 2 aliphatic rings. The molecule has 0 radical (unpaired) electrons. The lowest BCUT2D eigenvalue weighted by Gasteiger charge is -2.43. The summed E-state index contributed by atoms with van der Waals surface area (Å²) in [5.74, 6) is 1.96. The number of halogens is 1. The predicted molar refractivity (Wildman–Crippen MR) is 111 cm³/mol. The number of nitrogens with one attached hydrogen (secondary N) is 2. The van der Waals surface area contributed by atoms with Crippen molar-refractivity contribution in [3.8, 4) is 0 Å². The monoisotopic (exact) mass is 436 g/mol. The van der Waals surface area contributed by atoms with E-state index in [9.17, 15) is 0 Å². The third-order valence-corrected chi connectivity index (χ3v) is 5.61. The van der Waals surface area contributed by atoms with Crippen LogP contribution in [0.1, 0.15) is 59.8 Å². The molecule has 0 amide bonds. The average molecular weight is 436 g/mol. The lowest BCUT2D eigenvalue weighted by molar-refractivity contribution is 0.106. The van der Waals surface area contributed by atoms with Crippen molar-refractivity contribution < 1.29 is 0 Å². The third-order valence-electron chi connectivity index (χ3n) is 5.61. The summed E-state index contributed by atoms with van der Waals surface area (Å²) in [4.78, 5) is 6.90. The van der Waals surface area contributed by atoms with Crippen LogP contribution in [0.4, 0.5) is 0 Å². The number of hydrogen-bond donors (Lipinski definition) is 2. The van der Waals surface area contributed by atoms with E-state index in [0.717, 1.165) is 31.5 Å². The van der Waals surface area contributed by atoms with E-state index < -0.39 is 0 Å². The Bertz CT molecular complexity index is 365. The van der Waals surface area contributed by atoms with Crippen molar-refractivity contribution in [3.05, 3.63) is 0 Å². The van der Waals surface area contributed by atoms with Crippen LogP contribution in [0.3, 0.4) is 0 Å². The first kappa shape index (κ1) is 21.0. The minimum atomic E-state index is 0. The van der Waals surface area contributed by atoms with Crippen molar-refractivity contribution in [2.75, 3.05) is 26.7 Å². The summed E-state index contributed by atoms with van der Waals surface area (Å²) in [6.45, 7) is 12.2. The zero-order chi connectivity index (χ0) is 16.2. The Labute approximate surface area is 160 Å². The molecule has 0 bridgehead atoms. The van der Waals surface area contributed by atoms with E-state index in [1.54, 1.807) is 0 Å². The zero-order valence-corrected chi connectivity index (χ0v) is 18.0. The standard InChI is InChI=1S/C18H36N4.HI/c1-14(2)22(15(3)4)12-11-20-17(19-5)21-13-18(9-6-10-18)16-7-8-16;/h14-16H,6-13H2,1-5H3,(H2,19,20,21);1H. The van der Waals surface area contributed by atoms with Gasteiger partial charge in [0.25, 0.3) is 0 Å². The van der Waals surface area contributed by atoms with Gasteiger partial charge in [0.05, 0.1) is 0 Å². The van der Waals surface area contributed by atoms with E-state index in [0.29, 0.717) is 17.5 Å². The molecule has 2 rings (SSSR count). The fraction of sp³-hybridized carbons (Fsp3) is 0.944. The quantitative estimate of drug-likeness (QED) is 0.348. The van der Waals surface area contributed by atoms with Crippen LogP contribution in [0, 0.1) is 11.3 Å². The number of guanidine groups is 1. The zero-order valence-electron chi connectivity index (χ0n) is 15.7. The Morgan fingerprint density at radius 2 is 1.74 bits per heavy atom. The van der Waals surface area contributed by atoms with E-state index >= 15 is 0 Å². The highest BCUT2D eigenvalue weighted by Gasteiger charge is 2.48. The van der Waals surface area contributed by atoms with E-state index in [1.807, 2.05) is 7.05 Å². The van der Waals surface area contributed by atoms with Crippen LogP contribution in [0.25, 0.3) is 0 Å². The molecule has 2 saturated carbocycles. The van der Waals surface area contributed by atoms with Gasteiger partial charge in [0, 0.05) is 38.8 Å². The highest BCUT2D eigenvalue weighted by atomic mass is 127. The van der Waals surface area contributed by atoms with Crippen molar-refractivity contribution in [3.63, 3.8) is 0 Å². The number of rotatable bonds is 8. The summed E-state index contributed by atoms with van der Waals surface area (Å²) in [6, 6.07) is 1.18. The van der Waals surface area contributed by atoms with Crippen LogP contribution in [0.15, 0.2) is 4.99 Å². The topological polar surface area (TPSA) is 39.7 Å². The van der Waals surface area contributed by atoms with Gasteiger partial charge in [-0.3, -0.25) is 9.89 Å². The molecule has 0 aromatic heterocycles. The van der Waals surface area contributed by atoms with Crippen LogP contribution in [0.5, 0.6) is 0 Å². The lowest BCUT2D eigenvalue weighted by atomic mass is 9.65. The maximum absolute atomic E-state index is 4.39. The molecule has 0 heterocycles. The third kappa shape index (κ3) is 5.76. The molecule has 2 fully saturated rings. The van der Waals surface area contributed by atoms with Crippen LogP contribution in [0.2, 0.25) is 0 Å². The van der Waals surface area contributed by atoms with Crippen molar-refractivity contribution >= 4 is 29.9 Å². The fourth-order valence-electron chi connectivity index (χ4n) is 3.95. The van der Waals surface area contributed by atoms with Gasteiger partial charge in [-0.1, -0.05) is 6.42 Å². The molecular weight excluding hydrogens is 399 g/mol. The molecule has 0 aliphatic heterocycles. The molecule has 0 atom stereocenters. The molecule has 4 nitrogen and oxygen atoms in total. The van der Waals surface area contributed by atoms with Crippen molar-refractivity contribution in [1.82, 2.24) is 15.5 Å². The van der Waals surface area contributed by atoms with Crippen LogP contribution >= 0.6 is 24.0 Å². The molecule has 0 unspecified atom stereocenters. The van der Waals surface area contributed by atoms with Crippen LogP contribution in [-0.2, 0) is 0 Å². The summed E-state index contributed by atoms with van der Waals surface area (Å²) in [6.07, 6.45) is 7.14. The number of aliphatic imine (C=N–C) groups is 1. The highest BCUT2D eigenvalue weighted by Crippen LogP contribution is 2.56. The Balaban J connectivity index is 0.00000264.